The molecule has 2 aliphatic heterocycles. The quantitative estimate of drug-likeness (QED) is 0.268. The second-order valence-corrected chi connectivity index (χ2v) is 10.9. The van der Waals surface area contributed by atoms with E-state index in [-0.39, 0.29) is 22.8 Å². The lowest BCUT2D eigenvalue weighted by Gasteiger charge is -2.40. The molecule has 6 rings (SSSR count). The summed E-state index contributed by atoms with van der Waals surface area (Å²) in [6.07, 6.45) is -3.09. The van der Waals surface area contributed by atoms with Crippen molar-refractivity contribution in [1.29, 1.82) is 0 Å². The highest BCUT2D eigenvalue weighted by atomic mass is 35.5. The molecule has 1 unspecified atom stereocenters. The molecule has 2 aromatic carbocycles. The van der Waals surface area contributed by atoms with Gasteiger partial charge in [-0.05, 0) is 67.3 Å². The smallest absolute Gasteiger partial charge is 0.433 e. The van der Waals surface area contributed by atoms with Gasteiger partial charge in [0, 0.05) is 35.1 Å². The van der Waals surface area contributed by atoms with E-state index in [9.17, 15) is 13.2 Å². The van der Waals surface area contributed by atoms with Crippen molar-refractivity contribution in [2.75, 3.05) is 20.2 Å². The van der Waals surface area contributed by atoms with Gasteiger partial charge in [-0.2, -0.15) is 13.2 Å². The van der Waals surface area contributed by atoms with Crippen molar-refractivity contribution < 1.29 is 27.1 Å². The van der Waals surface area contributed by atoms with Crippen molar-refractivity contribution in [1.82, 2.24) is 14.9 Å². The first-order valence-electron chi connectivity index (χ1n) is 13.2. The monoisotopic (exact) mass is 584 g/mol. The molecule has 4 heterocycles. The fourth-order valence-corrected chi connectivity index (χ4v) is 5.97. The highest BCUT2D eigenvalue weighted by Gasteiger charge is 2.43. The van der Waals surface area contributed by atoms with Crippen LogP contribution in [0.3, 0.4) is 0 Å². The molecule has 1 spiro atoms. The third-order valence-corrected chi connectivity index (χ3v) is 8.16. The van der Waals surface area contributed by atoms with Crippen molar-refractivity contribution in [3.05, 3.63) is 82.3 Å². The summed E-state index contributed by atoms with van der Waals surface area (Å²) in [5.41, 5.74) is 8.87. The van der Waals surface area contributed by atoms with E-state index in [2.05, 4.69) is 27.5 Å². The minimum Gasteiger partial charge on any atom is -0.494 e. The van der Waals surface area contributed by atoms with Gasteiger partial charge in [-0.3, -0.25) is 0 Å². The Balaban J connectivity index is 1.32. The molecular formula is C30H28ClF3N4O3. The number of hydrogen-bond donors (Lipinski definition) is 1. The molecule has 2 N–H and O–H groups in total. The Morgan fingerprint density at radius 2 is 1.90 bits per heavy atom. The van der Waals surface area contributed by atoms with Gasteiger partial charge in [-0.25, -0.2) is 9.97 Å². The van der Waals surface area contributed by atoms with Gasteiger partial charge in [-0.1, -0.05) is 24.2 Å². The lowest BCUT2D eigenvalue weighted by molar-refractivity contribution is -0.140. The number of pyridine rings is 1. The zero-order chi connectivity index (χ0) is 29.1. The maximum absolute atomic E-state index is 13.4. The second-order valence-electron chi connectivity index (χ2n) is 10.4. The number of piperidine rings is 1. The van der Waals surface area contributed by atoms with E-state index in [1.54, 1.807) is 19.1 Å². The molecule has 2 aliphatic rings. The number of oxazole rings is 1. The third kappa shape index (κ3) is 4.73. The zero-order valence-electron chi connectivity index (χ0n) is 22.5. The van der Waals surface area contributed by atoms with Crippen LogP contribution in [0.1, 0.15) is 54.1 Å². The van der Waals surface area contributed by atoms with Crippen LogP contribution in [-0.2, 0) is 23.1 Å². The molecule has 1 fully saturated rings. The van der Waals surface area contributed by atoms with Crippen molar-refractivity contribution >= 4 is 28.2 Å². The van der Waals surface area contributed by atoms with Crippen molar-refractivity contribution in [2.24, 2.45) is 5.73 Å². The normalized spacial score (nSPS) is 17.2. The minimum atomic E-state index is -4.60. The second kappa shape index (κ2) is 10.0. The summed E-state index contributed by atoms with van der Waals surface area (Å²) < 4.78 is 58.1. The Hall–Kier alpha value is -3.60. The predicted molar refractivity (Wildman–Crippen MR) is 149 cm³/mol. The van der Waals surface area contributed by atoms with Crippen LogP contribution in [0.5, 0.6) is 5.75 Å². The van der Waals surface area contributed by atoms with E-state index in [0.29, 0.717) is 52.8 Å². The summed E-state index contributed by atoms with van der Waals surface area (Å²) in [4.78, 5) is 10.6. The highest BCUT2D eigenvalue weighted by molar-refractivity contribution is 6.30. The van der Waals surface area contributed by atoms with E-state index < -0.39 is 17.9 Å². The molecule has 0 saturated carbocycles. The molecule has 0 aliphatic carbocycles. The van der Waals surface area contributed by atoms with Crippen molar-refractivity contribution in [3.8, 4) is 17.2 Å². The molecule has 0 bridgehead atoms. The highest BCUT2D eigenvalue weighted by Crippen LogP contribution is 2.46. The average molecular weight is 585 g/mol. The molecule has 11 heteroatoms. The van der Waals surface area contributed by atoms with Gasteiger partial charge >= 0.3 is 6.18 Å². The van der Waals surface area contributed by atoms with E-state index >= 15 is 0 Å². The van der Waals surface area contributed by atoms with E-state index in [4.69, 9.17) is 31.2 Å². The molecule has 0 amide bonds. The Kier molecular flexibility index (Phi) is 6.75. The number of benzene rings is 2. The molecule has 1 atom stereocenters. The largest absolute Gasteiger partial charge is 0.494 e. The van der Waals surface area contributed by atoms with Gasteiger partial charge in [0.15, 0.2) is 5.76 Å². The minimum absolute atomic E-state index is 0.0557. The number of nitrogens with zero attached hydrogens (tertiary/aromatic N) is 3. The number of hydrogen-bond acceptors (Lipinski definition) is 7. The lowest BCUT2D eigenvalue weighted by Crippen LogP contribution is -2.41. The number of fused-ring (bicyclic) bond motifs is 3. The third-order valence-electron chi connectivity index (χ3n) is 7.92. The van der Waals surface area contributed by atoms with Gasteiger partial charge in [0.05, 0.1) is 25.0 Å². The zero-order valence-corrected chi connectivity index (χ0v) is 23.3. The van der Waals surface area contributed by atoms with Crippen LogP contribution in [0, 0.1) is 0 Å². The van der Waals surface area contributed by atoms with Gasteiger partial charge in [-0.15, -0.1) is 0 Å². The maximum atomic E-state index is 13.4. The molecule has 4 aromatic rings. The summed E-state index contributed by atoms with van der Waals surface area (Å²) in [7, 11) is 1.38. The van der Waals surface area contributed by atoms with Crippen LogP contribution in [0.2, 0.25) is 5.02 Å². The van der Waals surface area contributed by atoms with Gasteiger partial charge in [0.25, 0.3) is 0 Å². The van der Waals surface area contributed by atoms with Crippen molar-refractivity contribution in [3.63, 3.8) is 0 Å². The van der Waals surface area contributed by atoms with Crippen LogP contribution in [0.25, 0.3) is 28.1 Å². The number of alkyl halides is 3. The Bertz CT molecular complexity index is 1660. The summed E-state index contributed by atoms with van der Waals surface area (Å²) in [6.45, 7) is 7.99. The first kappa shape index (κ1) is 27.6. The molecule has 214 valence electrons. The first-order valence-corrected chi connectivity index (χ1v) is 13.6. The topological polar surface area (TPSA) is 86.6 Å². The van der Waals surface area contributed by atoms with Crippen LogP contribution in [0.4, 0.5) is 13.2 Å². The SMILES string of the molecule is C=C(c1oc(-c2ccc(OC)c3nc(C(F)(F)F)ccc23)nc1C(C)N)N1CCC2(CC1)OCc1cc(Cl)ccc12. The van der Waals surface area contributed by atoms with E-state index in [1.165, 1.54) is 18.7 Å². The standard InChI is InChI=1S/C30H28ClF3N4O3/c1-16(35)25-27(17(2)38-12-10-29(11-13-38)22-7-4-19(31)14-18(22)15-40-29)41-28(37-25)21-5-8-23(39-3)26-20(21)6-9-24(36-26)30(32,33)34/h4-9,14,16H,2,10-13,15,35H2,1,3H3. The molecule has 1 saturated heterocycles. The molecule has 41 heavy (non-hydrogen) atoms. The van der Waals surface area contributed by atoms with Crippen LogP contribution in [-0.4, -0.2) is 35.1 Å². The van der Waals surface area contributed by atoms with Crippen LogP contribution in [0.15, 0.2) is 53.5 Å². The van der Waals surface area contributed by atoms with Crippen LogP contribution >= 0.6 is 11.6 Å². The van der Waals surface area contributed by atoms with Gasteiger partial charge in [0.1, 0.15) is 22.7 Å². The fraction of sp³-hybridized carbons (Fsp3) is 0.333. The molecule has 7 nitrogen and oxygen atoms in total. The van der Waals surface area contributed by atoms with E-state index in [1.807, 2.05) is 12.1 Å². The number of halogens is 4. The number of methoxy groups -OCH3 is 1. The van der Waals surface area contributed by atoms with Gasteiger partial charge < -0.3 is 24.5 Å². The molecular weight excluding hydrogens is 557 g/mol. The molecule has 0 radical (unpaired) electrons. The Morgan fingerprint density at radius 3 is 2.59 bits per heavy atom. The summed E-state index contributed by atoms with van der Waals surface area (Å²) >= 11 is 6.19. The number of rotatable bonds is 5. The summed E-state index contributed by atoms with van der Waals surface area (Å²) in [6, 6.07) is 10.9. The van der Waals surface area contributed by atoms with Crippen LogP contribution < -0.4 is 10.5 Å². The lowest BCUT2D eigenvalue weighted by atomic mass is 9.83. The predicted octanol–water partition coefficient (Wildman–Crippen LogP) is 7.08. The number of aromatic nitrogens is 2. The van der Waals surface area contributed by atoms with Crippen molar-refractivity contribution in [2.45, 2.75) is 44.2 Å². The fourth-order valence-electron chi connectivity index (χ4n) is 5.78. The molecule has 2 aromatic heterocycles. The summed E-state index contributed by atoms with van der Waals surface area (Å²) in [5, 5.41) is 1.10. The Labute approximate surface area is 239 Å². The number of ether oxygens (including phenoxy) is 2. The van der Waals surface area contributed by atoms with E-state index in [0.717, 1.165) is 24.5 Å². The average Bonchev–Trinajstić information content (AvgIpc) is 3.54. The summed E-state index contributed by atoms with van der Waals surface area (Å²) in [5.74, 6) is 0.856. The number of likely N-dealkylation sites (tertiary alicyclic amines) is 1. The Morgan fingerprint density at radius 1 is 1.15 bits per heavy atom. The first-order chi connectivity index (χ1) is 19.5. The number of nitrogens with two attached hydrogens (primary N) is 1. The van der Waals surface area contributed by atoms with Gasteiger partial charge in [0.2, 0.25) is 5.89 Å². The maximum Gasteiger partial charge on any atom is 0.433 e.